The van der Waals surface area contributed by atoms with Gasteiger partial charge in [0, 0.05) is 19.9 Å². The van der Waals surface area contributed by atoms with E-state index in [1.165, 1.54) is 6.92 Å². The molecule has 33 heavy (non-hydrogen) atoms. The minimum absolute atomic E-state index is 0.0403. The lowest BCUT2D eigenvalue weighted by atomic mass is 9.87. The number of carbonyl (C=O) groups excluding carboxylic acids is 2. The Bertz CT molecular complexity index is 1230. The first-order valence-corrected chi connectivity index (χ1v) is 11.3. The van der Waals surface area contributed by atoms with Crippen LogP contribution in [0.3, 0.4) is 0 Å². The van der Waals surface area contributed by atoms with Crippen molar-refractivity contribution in [3.63, 3.8) is 0 Å². The van der Waals surface area contributed by atoms with E-state index in [2.05, 4.69) is 42.6 Å². The number of amides is 1. The maximum Gasteiger partial charge on any atom is 0.231 e. The van der Waals surface area contributed by atoms with Crippen molar-refractivity contribution in [3.8, 4) is 22.6 Å². The lowest BCUT2D eigenvalue weighted by Gasteiger charge is -2.16. The Morgan fingerprint density at radius 3 is 2.36 bits per heavy atom. The van der Waals surface area contributed by atoms with Gasteiger partial charge in [-0.2, -0.15) is 0 Å². The van der Waals surface area contributed by atoms with Crippen molar-refractivity contribution in [1.29, 1.82) is 0 Å². The van der Waals surface area contributed by atoms with Crippen LogP contribution < -0.4 is 14.8 Å². The molecule has 1 aliphatic heterocycles. The van der Waals surface area contributed by atoms with Crippen LogP contribution in [0, 0.1) is 6.92 Å². The van der Waals surface area contributed by atoms with Gasteiger partial charge in [0.25, 0.3) is 0 Å². The first kappa shape index (κ1) is 21.3. The lowest BCUT2D eigenvalue weighted by molar-refractivity contribution is -0.121. The highest BCUT2D eigenvalue weighted by Gasteiger charge is 2.50. The normalized spacial score (nSPS) is 15.2. The molecule has 0 radical (unpaired) electrons. The number of benzene rings is 3. The molecule has 0 atom stereocenters. The predicted octanol–water partition coefficient (Wildman–Crippen LogP) is 4.87. The summed E-state index contributed by atoms with van der Waals surface area (Å²) < 4.78 is 10.9. The summed E-state index contributed by atoms with van der Waals surface area (Å²) >= 11 is 0. The number of carbonyl (C=O) groups is 2. The summed E-state index contributed by atoms with van der Waals surface area (Å²) in [6, 6.07) is 20.3. The van der Waals surface area contributed by atoms with Gasteiger partial charge in [-0.05, 0) is 65.3 Å². The second-order valence-corrected chi connectivity index (χ2v) is 9.01. The molecule has 1 aliphatic carbocycles. The van der Waals surface area contributed by atoms with E-state index in [0.29, 0.717) is 13.0 Å². The van der Waals surface area contributed by atoms with Crippen molar-refractivity contribution in [2.45, 2.75) is 45.1 Å². The molecule has 168 valence electrons. The second kappa shape index (κ2) is 8.39. The van der Waals surface area contributed by atoms with E-state index in [4.69, 9.17) is 9.47 Å². The van der Waals surface area contributed by atoms with Gasteiger partial charge in [-0.25, -0.2) is 0 Å². The molecular weight excluding hydrogens is 414 g/mol. The molecule has 5 heteroatoms. The van der Waals surface area contributed by atoms with Crippen molar-refractivity contribution < 1.29 is 19.1 Å². The summed E-state index contributed by atoms with van der Waals surface area (Å²) in [4.78, 5) is 24.5. The third-order valence-corrected chi connectivity index (χ3v) is 6.68. The molecule has 0 bridgehead atoms. The van der Waals surface area contributed by atoms with Crippen LogP contribution in [-0.4, -0.2) is 18.5 Å². The average Bonchev–Trinajstić information content (AvgIpc) is 3.50. The topological polar surface area (TPSA) is 64.6 Å². The maximum absolute atomic E-state index is 13.4. The van der Waals surface area contributed by atoms with Crippen molar-refractivity contribution in [2.75, 3.05) is 6.79 Å². The highest BCUT2D eigenvalue weighted by atomic mass is 16.7. The SMILES string of the molecule is CC(=O)NCc1ccc(-c2cc(CC(=O)C3(c4ccc5c(c4)OCO5)CC3)ccc2C)cc1. The molecular formula is C28H27NO4. The smallest absolute Gasteiger partial charge is 0.231 e. The fourth-order valence-electron chi connectivity index (χ4n) is 4.52. The van der Waals surface area contributed by atoms with E-state index in [-0.39, 0.29) is 18.5 Å². The fraction of sp³-hybridized carbons (Fsp3) is 0.286. The summed E-state index contributed by atoms with van der Waals surface area (Å²) in [7, 11) is 0. The van der Waals surface area contributed by atoms with E-state index >= 15 is 0 Å². The van der Waals surface area contributed by atoms with Crippen molar-refractivity contribution in [2.24, 2.45) is 0 Å². The molecule has 5 nitrogen and oxygen atoms in total. The first-order chi connectivity index (χ1) is 15.9. The van der Waals surface area contributed by atoms with Gasteiger partial charge in [0.15, 0.2) is 11.5 Å². The standard InChI is InChI=1S/C28H27NO4/c1-18-3-4-21(13-24(18)22-7-5-20(6-8-22)16-29-19(2)30)14-27(31)28(11-12-28)23-9-10-25-26(15-23)33-17-32-25/h3-10,13,15H,11-12,14,16-17H2,1-2H3,(H,29,30). The van der Waals surface area contributed by atoms with Crippen LogP contribution in [0.1, 0.15) is 42.0 Å². The summed E-state index contributed by atoms with van der Waals surface area (Å²) in [6.07, 6.45) is 2.16. The van der Waals surface area contributed by atoms with Gasteiger partial charge in [0.2, 0.25) is 12.7 Å². The zero-order chi connectivity index (χ0) is 23.0. The number of ether oxygens (including phenoxy) is 2. The molecule has 1 N–H and O–H groups in total. The van der Waals surface area contributed by atoms with Gasteiger partial charge < -0.3 is 14.8 Å². The molecule has 3 aromatic carbocycles. The molecule has 0 saturated heterocycles. The molecule has 0 unspecified atom stereocenters. The summed E-state index contributed by atoms with van der Waals surface area (Å²) in [5, 5.41) is 2.82. The number of fused-ring (bicyclic) bond motifs is 1. The Hall–Kier alpha value is -3.60. The quantitative estimate of drug-likeness (QED) is 0.568. The Labute approximate surface area is 193 Å². The molecule has 1 amide bonds. The number of rotatable bonds is 7. The number of hydrogen-bond donors (Lipinski definition) is 1. The third kappa shape index (κ3) is 4.23. The van der Waals surface area contributed by atoms with E-state index in [1.54, 1.807) is 0 Å². The third-order valence-electron chi connectivity index (χ3n) is 6.68. The zero-order valence-corrected chi connectivity index (χ0v) is 18.9. The summed E-state index contributed by atoms with van der Waals surface area (Å²) in [5.74, 6) is 1.68. The number of aryl methyl sites for hydroxylation is 1. The van der Waals surface area contributed by atoms with E-state index in [9.17, 15) is 9.59 Å². The van der Waals surface area contributed by atoms with Crippen LogP contribution in [0.4, 0.5) is 0 Å². The Kier molecular flexibility index (Phi) is 5.41. The minimum Gasteiger partial charge on any atom is -0.454 e. The Morgan fingerprint density at radius 1 is 0.909 bits per heavy atom. The number of hydrogen-bond acceptors (Lipinski definition) is 4. The molecule has 2 aliphatic rings. The first-order valence-electron chi connectivity index (χ1n) is 11.3. The molecule has 0 spiro atoms. The zero-order valence-electron chi connectivity index (χ0n) is 18.9. The van der Waals surface area contributed by atoms with Crippen LogP contribution in [0.2, 0.25) is 0 Å². The monoisotopic (exact) mass is 441 g/mol. The van der Waals surface area contributed by atoms with Gasteiger partial charge in [-0.3, -0.25) is 9.59 Å². The lowest BCUT2D eigenvalue weighted by Crippen LogP contribution is -2.22. The second-order valence-electron chi connectivity index (χ2n) is 9.01. The Morgan fingerprint density at radius 2 is 1.64 bits per heavy atom. The van der Waals surface area contributed by atoms with Crippen molar-refractivity contribution in [3.05, 3.63) is 82.9 Å². The van der Waals surface area contributed by atoms with E-state index < -0.39 is 5.41 Å². The van der Waals surface area contributed by atoms with Gasteiger partial charge in [0.05, 0.1) is 5.41 Å². The van der Waals surface area contributed by atoms with Gasteiger partial charge in [-0.1, -0.05) is 48.5 Å². The summed E-state index contributed by atoms with van der Waals surface area (Å²) in [5.41, 5.74) is 6.09. The van der Waals surface area contributed by atoms with Crippen molar-refractivity contribution >= 4 is 11.7 Å². The molecule has 1 saturated carbocycles. The number of nitrogens with one attached hydrogen (secondary N) is 1. The molecule has 5 rings (SSSR count). The Balaban J connectivity index is 1.34. The molecule has 0 aromatic heterocycles. The number of Topliss-reactive ketones (excluding diaryl/α,β-unsaturated/α-hetero) is 1. The molecule has 1 fully saturated rings. The van der Waals surface area contributed by atoms with Gasteiger partial charge >= 0.3 is 0 Å². The maximum atomic E-state index is 13.4. The van der Waals surface area contributed by atoms with Crippen LogP contribution in [-0.2, 0) is 28.0 Å². The van der Waals surface area contributed by atoms with Crippen LogP contribution in [0.5, 0.6) is 11.5 Å². The molecule has 1 heterocycles. The van der Waals surface area contributed by atoms with Crippen molar-refractivity contribution in [1.82, 2.24) is 5.32 Å². The predicted molar refractivity (Wildman–Crippen MR) is 126 cm³/mol. The average molecular weight is 442 g/mol. The molecule has 3 aromatic rings. The van der Waals surface area contributed by atoms with Crippen LogP contribution in [0.25, 0.3) is 11.1 Å². The number of ketones is 1. The summed E-state index contributed by atoms with van der Waals surface area (Å²) in [6.45, 7) is 4.36. The van der Waals surface area contributed by atoms with E-state index in [1.807, 2.05) is 30.3 Å². The fourth-order valence-corrected chi connectivity index (χ4v) is 4.52. The van der Waals surface area contributed by atoms with Crippen LogP contribution in [0.15, 0.2) is 60.7 Å². The van der Waals surface area contributed by atoms with Gasteiger partial charge in [-0.15, -0.1) is 0 Å². The highest BCUT2D eigenvalue weighted by molar-refractivity contribution is 5.95. The van der Waals surface area contributed by atoms with E-state index in [0.717, 1.165) is 57.7 Å². The minimum atomic E-state index is -0.405. The largest absolute Gasteiger partial charge is 0.454 e. The highest BCUT2D eigenvalue weighted by Crippen LogP contribution is 2.51. The van der Waals surface area contributed by atoms with Crippen LogP contribution >= 0.6 is 0 Å². The van der Waals surface area contributed by atoms with Gasteiger partial charge in [0.1, 0.15) is 5.78 Å².